The van der Waals surface area contributed by atoms with E-state index in [2.05, 4.69) is 0 Å². The molecule has 0 saturated carbocycles. The third kappa shape index (κ3) is 4.74. The van der Waals surface area contributed by atoms with Gasteiger partial charge in [-0.05, 0) is 18.2 Å². The molecule has 172 valence electrons. The van der Waals surface area contributed by atoms with Crippen LogP contribution in [0.4, 0.5) is 37.7 Å². The molecule has 0 spiro atoms. The number of rotatable bonds is 3. The molecule has 1 heterocycles. The van der Waals surface area contributed by atoms with Gasteiger partial charge < -0.3 is 9.80 Å². The number of piperazine rings is 1. The van der Waals surface area contributed by atoms with Crippen molar-refractivity contribution in [2.75, 3.05) is 31.1 Å². The molecule has 0 bridgehead atoms. The summed E-state index contributed by atoms with van der Waals surface area (Å²) in [5.74, 6) is -0.863. The molecule has 6 nitrogen and oxygen atoms in total. The van der Waals surface area contributed by atoms with Crippen LogP contribution in [0.1, 0.15) is 21.5 Å². The number of carbonyl (C=O) groups is 1. The second-order valence-electron chi connectivity index (χ2n) is 6.90. The van der Waals surface area contributed by atoms with Gasteiger partial charge in [-0.2, -0.15) is 26.3 Å². The molecule has 0 aliphatic carbocycles. The van der Waals surface area contributed by atoms with Crippen molar-refractivity contribution in [3.8, 4) is 0 Å². The van der Waals surface area contributed by atoms with E-state index in [4.69, 9.17) is 11.6 Å². The first kappa shape index (κ1) is 23.6. The summed E-state index contributed by atoms with van der Waals surface area (Å²) in [5, 5.41) is 10.6. The maximum Gasteiger partial charge on any atom is 0.418 e. The second-order valence-corrected chi connectivity index (χ2v) is 7.31. The number of hydrogen-bond acceptors (Lipinski definition) is 4. The summed E-state index contributed by atoms with van der Waals surface area (Å²) in [5.41, 5.74) is -3.96. The zero-order valence-corrected chi connectivity index (χ0v) is 16.8. The lowest BCUT2D eigenvalue weighted by molar-refractivity contribution is -0.384. The minimum absolute atomic E-state index is 0.0531. The topological polar surface area (TPSA) is 66.7 Å². The quantitative estimate of drug-likeness (QED) is 0.341. The molecular formula is C19H14ClF6N3O3. The Labute approximate surface area is 182 Å². The fourth-order valence-electron chi connectivity index (χ4n) is 3.41. The summed E-state index contributed by atoms with van der Waals surface area (Å²) in [4.78, 5) is 25.5. The Hall–Kier alpha value is -3.02. The largest absolute Gasteiger partial charge is 0.418 e. The molecule has 0 radical (unpaired) electrons. The van der Waals surface area contributed by atoms with E-state index < -0.39 is 50.6 Å². The lowest BCUT2D eigenvalue weighted by Crippen LogP contribution is -2.49. The molecular weight excluding hydrogens is 468 g/mol. The number of halogens is 7. The van der Waals surface area contributed by atoms with Crippen LogP contribution in [0.2, 0.25) is 5.02 Å². The van der Waals surface area contributed by atoms with Gasteiger partial charge in [-0.3, -0.25) is 14.9 Å². The van der Waals surface area contributed by atoms with Crippen molar-refractivity contribution in [2.24, 2.45) is 0 Å². The van der Waals surface area contributed by atoms with Crippen LogP contribution in [0.15, 0.2) is 36.4 Å². The van der Waals surface area contributed by atoms with Gasteiger partial charge in [0, 0.05) is 32.2 Å². The molecule has 1 fully saturated rings. The van der Waals surface area contributed by atoms with Crippen LogP contribution in [-0.2, 0) is 12.4 Å². The minimum atomic E-state index is -4.89. The average molecular weight is 482 g/mol. The van der Waals surface area contributed by atoms with Crippen molar-refractivity contribution >= 4 is 28.9 Å². The normalized spacial score (nSPS) is 15.1. The molecule has 1 amide bonds. The van der Waals surface area contributed by atoms with E-state index in [0.717, 1.165) is 29.2 Å². The number of carbonyl (C=O) groups excluding carboxylic acids is 1. The van der Waals surface area contributed by atoms with E-state index in [0.29, 0.717) is 6.07 Å². The molecule has 0 N–H and O–H groups in total. The molecule has 1 saturated heterocycles. The van der Waals surface area contributed by atoms with Crippen molar-refractivity contribution in [1.82, 2.24) is 4.90 Å². The van der Waals surface area contributed by atoms with Crippen LogP contribution < -0.4 is 4.90 Å². The zero-order valence-electron chi connectivity index (χ0n) is 16.0. The zero-order chi connectivity index (χ0) is 23.8. The molecule has 2 aromatic rings. The number of benzene rings is 2. The predicted octanol–water partition coefficient (Wildman–Crippen LogP) is 5.25. The average Bonchev–Trinajstić information content (AvgIpc) is 2.71. The van der Waals surface area contributed by atoms with E-state index in [1.54, 1.807) is 0 Å². The van der Waals surface area contributed by atoms with E-state index in [1.165, 1.54) is 11.0 Å². The van der Waals surface area contributed by atoms with E-state index >= 15 is 0 Å². The number of nitro groups is 1. The fourth-order valence-corrected chi connectivity index (χ4v) is 3.67. The van der Waals surface area contributed by atoms with Crippen molar-refractivity contribution in [3.63, 3.8) is 0 Å². The number of alkyl halides is 6. The number of anilines is 1. The maximum atomic E-state index is 13.2. The molecule has 0 aromatic heterocycles. The standard InChI is InChI=1S/C19H14ClF6N3O3/c20-14-10-15(16(29(31)32)9-13(14)19(24,25)26)27-5-7-28(8-6-27)17(30)11-3-1-2-4-12(11)18(21,22)23/h1-4,9-10H,5-8H2. The fraction of sp³-hybridized carbons (Fsp3) is 0.316. The third-order valence-corrected chi connectivity index (χ3v) is 5.25. The van der Waals surface area contributed by atoms with Gasteiger partial charge in [-0.25, -0.2) is 0 Å². The lowest BCUT2D eigenvalue weighted by atomic mass is 10.1. The van der Waals surface area contributed by atoms with Crippen LogP contribution in [0.3, 0.4) is 0 Å². The molecule has 32 heavy (non-hydrogen) atoms. The minimum Gasteiger partial charge on any atom is -0.362 e. The first-order valence-corrected chi connectivity index (χ1v) is 9.44. The van der Waals surface area contributed by atoms with E-state index in [-0.39, 0.29) is 31.9 Å². The molecule has 1 aliphatic rings. The first-order valence-electron chi connectivity index (χ1n) is 9.06. The summed E-state index contributed by atoms with van der Waals surface area (Å²) in [6.45, 7) is -0.299. The Morgan fingerprint density at radius 3 is 2.03 bits per heavy atom. The van der Waals surface area contributed by atoms with Gasteiger partial charge in [0.15, 0.2) is 0 Å². The highest BCUT2D eigenvalue weighted by Gasteiger charge is 2.38. The molecule has 3 rings (SSSR count). The highest BCUT2D eigenvalue weighted by Crippen LogP contribution is 2.41. The van der Waals surface area contributed by atoms with Crippen LogP contribution in [0, 0.1) is 10.1 Å². The van der Waals surface area contributed by atoms with Gasteiger partial charge >= 0.3 is 12.4 Å². The van der Waals surface area contributed by atoms with Gasteiger partial charge in [0.05, 0.1) is 26.6 Å². The number of amides is 1. The van der Waals surface area contributed by atoms with Crippen molar-refractivity contribution in [1.29, 1.82) is 0 Å². The molecule has 2 aromatic carbocycles. The van der Waals surface area contributed by atoms with Crippen LogP contribution >= 0.6 is 11.6 Å². The Bertz CT molecular complexity index is 1050. The monoisotopic (exact) mass is 481 g/mol. The van der Waals surface area contributed by atoms with E-state index in [9.17, 15) is 41.3 Å². The van der Waals surface area contributed by atoms with Gasteiger partial charge in [0.2, 0.25) is 0 Å². The van der Waals surface area contributed by atoms with Gasteiger partial charge in [0.25, 0.3) is 11.6 Å². The molecule has 1 aliphatic heterocycles. The number of hydrogen-bond donors (Lipinski definition) is 0. The number of nitrogens with zero attached hydrogens (tertiary/aromatic N) is 3. The summed E-state index contributed by atoms with van der Waals surface area (Å²) >= 11 is 5.69. The summed E-state index contributed by atoms with van der Waals surface area (Å²) in [6.07, 6.45) is -9.62. The predicted molar refractivity (Wildman–Crippen MR) is 103 cm³/mol. The van der Waals surface area contributed by atoms with Crippen LogP contribution in [-0.4, -0.2) is 41.9 Å². The first-order chi connectivity index (χ1) is 14.8. The highest BCUT2D eigenvalue weighted by atomic mass is 35.5. The summed E-state index contributed by atoms with van der Waals surface area (Å²) in [7, 11) is 0. The lowest BCUT2D eigenvalue weighted by Gasteiger charge is -2.36. The Balaban J connectivity index is 1.83. The van der Waals surface area contributed by atoms with Crippen LogP contribution in [0.25, 0.3) is 0 Å². The van der Waals surface area contributed by atoms with Gasteiger partial charge in [0.1, 0.15) is 5.69 Å². The summed E-state index contributed by atoms with van der Waals surface area (Å²) in [6, 6.07) is 5.47. The Morgan fingerprint density at radius 2 is 1.50 bits per heavy atom. The molecule has 0 unspecified atom stereocenters. The van der Waals surface area contributed by atoms with Gasteiger partial charge in [-0.15, -0.1) is 0 Å². The van der Waals surface area contributed by atoms with Crippen molar-refractivity contribution < 1.29 is 36.1 Å². The SMILES string of the molecule is O=C(c1ccccc1C(F)(F)F)N1CCN(c2cc(Cl)c(C(F)(F)F)cc2[N+](=O)[O-])CC1. The van der Waals surface area contributed by atoms with Crippen molar-refractivity contribution in [3.05, 3.63) is 68.2 Å². The second kappa shape index (κ2) is 8.49. The third-order valence-electron chi connectivity index (χ3n) is 4.94. The number of nitro benzene ring substituents is 1. The Morgan fingerprint density at radius 1 is 0.938 bits per heavy atom. The molecule has 13 heteroatoms. The maximum absolute atomic E-state index is 13.2. The van der Waals surface area contributed by atoms with E-state index in [1.807, 2.05) is 0 Å². The van der Waals surface area contributed by atoms with Crippen LogP contribution in [0.5, 0.6) is 0 Å². The van der Waals surface area contributed by atoms with Gasteiger partial charge in [-0.1, -0.05) is 23.7 Å². The summed E-state index contributed by atoms with van der Waals surface area (Å²) < 4.78 is 78.7. The Kier molecular flexibility index (Phi) is 6.27. The van der Waals surface area contributed by atoms with Crippen molar-refractivity contribution in [2.45, 2.75) is 12.4 Å². The molecule has 0 atom stereocenters. The smallest absolute Gasteiger partial charge is 0.362 e. The highest BCUT2D eigenvalue weighted by molar-refractivity contribution is 6.31.